The molecule has 0 aliphatic rings. The summed E-state index contributed by atoms with van der Waals surface area (Å²) in [6.07, 6.45) is 0. The zero-order valence-corrected chi connectivity index (χ0v) is 11.8. The predicted octanol–water partition coefficient (Wildman–Crippen LogP) is 2.24. The molecule has 0 unspecified atom stereocenters. The van der Waals surface area contributed by atoms with E-state index in [1.165, 1.54) is 11.8 Å². The van der Waals surface area contributed by atoms with Crippen LogP contribution in [0.2, 0.25) is 0 Å². The van der Waals surface area contributed by atoms with Crippen LogP contribution in [0.3, 0.4) is 0 Å². The van der Waals surface area contributed by atoms with Crippen molar-refractivity contribution in [3.8, 4) is 0 Å². The number of thioether (sulfide) groups is 1. The second kappa shape index (κ2) is 8.52. The first-order chi connectivity index (χ1) is 8.22. The average Bonchev–Trinajstić information content (AvgIpc) is 2.34. The highest BCUT2D eigenvalue weighted by atomic mass is 79.9. The third-order valence-electron chi connectivity index (χ3n) is 1.76. The zero-order chi connectivity index (χ0) is 12.5. The number of methoxy groups -OCH3 is 1. The summed E-state index contributed by atoms with van der Waals surface area (Å²) in [6, 6.07) is 7.78. The van der Waals surface area contributed by atoms with E-state index in [-0.39, 0.29) is 5.91 Å². The van der Waals surface area contributed by atoms with Gasteiger partial charge in [0.2, 0.25) is 0 Å². The van der Waals surface area contributed by atoms with Crippen molar-refractivity contribution >= 4 is 33.6 Å². The van der Waals surface area contributed by atoms with Gasteiger partial charge >= 0.3 is 0 Å². The molecule has 1 aromatic rings. The Morgan fingerprint density at radius 2 is 2.06 bits per heavy atom. The molecule has 0 bridgehead atoms. The van der Waals surface area contributed by atoms with Gasteiger partial charge < -0.3 is 4.74 Å². The molecule has 4 nitrogen and oxygen atoms in total. The van der Waals surface area contributed by atoms with Crippen molar-refractivity contribution in [3.63, 3.8) is 0 Å². The van der Waals surface area contributed by atoms with Gasteiger partial charge in [-0.15, -0.1) is 11.8 Å². The number of rotatable bonds is 7. The standard InChI is InChI=1S/C11H14BrNO3S/c1-15-6-7-16-13-11(14)8-17-10-4-2-9(12)3-5-10/h2-5H,6-8H2,1H3,(H,13,14). The summed E-state index contributed by atoms with van der Waals surface area (Å²) in [7, 11) is 1.58. The number of ether oxygens (including phenoxy) is 1. The molecular formula is C11H14BrNO3S. The van der Waals surface area contributed by atoms with Crippen LogP contribution >= 0.6 is 27.7 Å². The fraction of sp³-hybridized carbons (Fsp3) is 0.364. The summed E-state index contributed by atoms with van der Waals surface area (Å²) in [5, 5.41) is 0. The second-order valence-electron chi connectivity index (χ2n) is 3.11. The molecule has 0 aliphatic carbocycles. The predicted molar refractivity (Wildman–Crippen MR) is 70.8 cm³/mol. The number of hydrogen-bond acceptors (Lipinski definition) is 4. The highest BCUT2D eigenvalue weighted by Gasteiger charge is 2.02. The van der Waals surface area contributed by atoms with E-state index in [1.54, 1.807) is 7.11 Å². The Labute approximate surface area is 113 Å². The normalized spacial score (nSPS) is 10.2. The molecule has 0 atom stereocenters. The van der Waals surface area contributed by atoms with Crippen molar-refractivity contribution in [1.29, 1.82) is 0 Å². The molecule has 0 saturated heterocycles. The van der Waals surface area contributed by atoms with Crippen LogP contribution < -0.4 is 5.48 Å². The fourth-order valence-electron chi connectivity index (χ4n) is 0.966. The van der Waals surface area contributed by atoms with Crippen LogP contribution in [-0.4, -0.2) is 32.0 Å². The second-order valence-corrected chi connectivity index (χ2v) is 5.07. The molecular weight excluding hydrogens is 306 g/mol. The third-order valence-corrected chi connectivity index (χ3v) is 3.30. The minimum Gasteiger partial charge on any atom is -0.382 e. The van der Waals surface area contributed by atoms with Crippen LogP contribution in [-0.2, 0) is 14.4 Å². The summed E-state index contributed by atoms with van der Waals surface area (Å²) in [4.78, 5) is 17.3. The van der Waals surface area contributed by atoms with E-state index < -0.39 is 0 Å². The van der Waals surface area contributed by atoms with Crippen molar-refractivity contribution in [2.45, 2.75) is 4.90 Å². The van der Waals surface area contributed by atoms with E-state index in [0.29, 0.717) is 19.0 Å². The first-order valence-electron chi connectivity index (χ1n) is 5.00. The Bertz CT molecular complexity index is 345. The summed E-state index contributed by atoms with van der Waals surface area (Å²) in [5.41, 5.74) is 2.35. The molecule has 0 aliphatic heterocycles. The molecule has 1 aromatic carbocycles. The highest BCUT2D eigenvalue weighted by Crippen LogP contribution is 2.20. The molecule has 6 heteroatoms. The van der Waals surface area contributed by atoms with E-state index in [1.807, 2.05) is 24.3 Å². The van der Waals surface area contributed by atoms with Crippen molar-refractivity contribution in [1.82, 2.24) is 5.48 Å². The first-order valence-corrected chi connectivity index (χ1v) is 6.78. The van der Waals surface area contributed by atoms with Crippen LogP contribution in [0.25, 0.3) is 0 Å². The van der Waals surface area contributed by atoms with Crippen LogP contribution in [0.4, 0.5) is 0 Å². The number of carbonyl (C=O) groups excluding carboxylic acids is 1. The number of carbonyl (C=O) groups is 1. The molecule has 94 valence electrons. The van der Waals surface area contributed by atoms with Gasteiger partial charge in [0.15, 0.2) is 0 Å². The van der Waals surface area contributed by atoms with Gasteiger partial charge in [-0.1, -0.05) is 15.9 Å². The van der Waals surface area contributed by atoms with Crippen LogP contribution in [0.5, 0.6) is 0 Å². The van der Waals surface area contributed by atoms with Gasteiger partial charge in [-0.05, 0) is 24.3 Å². The molecule has 0 fully saturated rings. The summed E-state index contributed by atoms with van der Waals surface area (Å²) < 4.78 is 5.80. The largest absolute Gasteiger partial charge is 0.382 e. The zero-order valence-electron chi connectivity index (χ0n) is 9.44. The lowest BCUT2D eigenvalue weighted by atomic mass is 10.4. The Morgan fingerprint density at radius 1 is 1.35 bits per heavy atom. The molecule has 1 rings (SSSR count). The van der Waals surface area contributed by atoms with Gasteiger partial charge in [0, 0.05) is 16.5 Å². The third kappa shape index (κ3) is 6.68. The fourth-order valence-corrected chi connectivity index (χ4v) is 1.92. The first kappa shape index (κ1) is 14.5. The van der Waals surface area contributed by atoms with Crippen LogP contribution in [0.1, 0.15) is 0 Å². The van der Waals surface area contributed by atoms with E-state index in [4.69, 9.17) is 9.57 Å². The number of halogens is 1. The van der Waals surface area contributed by atoms with Crippen LogP contribution in [0, 0.1) is 0 Å². The lowest BCUT2D eigenvalue weighted by Crippen LogP contribution is -2.26. The molecule has 17 heavy (non-hydrogen) atoms. The van der Waals surface area contributed by atoms with Gasteiger partial charge in [-0.25, -0.2) is 5.48 Å². The Morgan fingerprint density at radius 3 is 2.71 bits per heavy atom. The molecule has 1 amide bonds. The van der Waals surface area contributed by atoms with Gasteiger partial charge in [0.25, 0.3) is 5.91 Å². The van der Waals surface area contributed by atoms with Crippen LogP contribution in [0.15, 0.2) is 33.6 Å². The van der Waals surface area contributed by atoms with Crippen molar-refractivity contribution in [3.05, 3.63) is 28.7 Å². The van der Waals surface area contributed by atoms with Crippen molar-refractivity contribution < 1.29 is 14.4 Å². The molecule has 0 heterocycles. The maximum Gasteiger partial charge on any atom is 0.253 e. The topological polar surface area (TPSA) is 47.6 Å². The van der Waals surface area contributed by atoms with E-state index in [0.717, 1.165) is 9.37 Å². The number of amides is 1. The maximum atomic E-state index is 11.3. The monoisotopic (exact) mass is 319 g/mol. The lowest BCUT2D eigenvalue weighted by Gasteiger charge is -2.05. The van der Waals surface area contributed by atoms with E-state index >= 15 is 0 Å². The van der Waals surface area contributed by atoms with E-state index in [2.05, 4.69) is 21.4 Å². The van der Waals surface area contributed by atoms with Gasteiger partial charge in [0.05, 0.1) is 19.0 Å². The number of hydroxylamine groups is 1. The Hall–Kier alpha value is -0.560. The maximum absolute atomic E-state index is 11.3. The summed E-state index contributed by atoms with van der Waals surface area (Å²) in [5.74, 6) is 0.170. The summed E-state index contributed by atoms with van der Waals surface area (Å²) >= 11 is 4.81. The quantitative estimate of drug-likeness (QED) is 0.475. The molecule has 0 aromatic heterocycles. The number of benzene rings is 1. The van der Waals surface area contributed by atoms with Gasteiger partial charge in [-0.3, -0.25) is 9.63 Å². The number of nitrogens with one attached hydrogen (secondary N) is 1. The molecule has 0 saturated carbocycles. The lowest BCUT2D eigenvalue weighted by molar-refractivity contribution is -0.131. The average molecular weight is 320 g/mol. The SMILES string of the molecule is COCCONC(=O)CSc1ccc(Br)cc1. The smallest absolute Gasteiger partial charge is 0.253 e. The van der Waals surface area contributed by atoms with E-state index in [9.17, 15) is 4.79 Å². The Balaban J connectivity index is 2.17. The minimum absolute atomic E-state index is 0.158. The van der Waals surface area contributed by atoms with Gasteiger partial charge in [0.1, 0.15) is 0 Å². The molecule has 0 radical (unpaired) electrons. The molecule has 0 spiro atoms. The van der Waals surface area contributed by atoms with Gasteiger partial charge in [-0.2, -0.15) is 0 Å². The minimum atomic E-state index is -0.158. The Kier molecular flexibility index (Phi) is 7.27. The molecule has 1 N–H and O–H groups in total. The van der Waals surface area contributed by atoms with Crippen molar-refractivity contribution in [2.75, 3.05) is 26.1 Å². The highest BCUT2D eigenvalue weighted by molar-refractivity contribution is 9.10. The van der Waals surface area contributed by atoms with Crippen molar-refractivity contribution in [2.24, 2.45) is 0 Å². The summed E-state index contributed by atoms with van der Waals surface area (Å²) in [6.45, 7) is 0.811. The number of hydrogen-bond donors (Lipinski definition) is 1.